The van der Waals surface area contributed by atoms with Gasteiger partial charge in [0.25, 0.3) is 0 Å². The molecule has 1 rings (SSSR count). The molecule has 0 aliphatic heterocycles. The van der Waals surface area contributed by atoms with E-state index in [1.807, 2.05) is 7.05 Å². The molecule has 0 aliphatic rings. The highest BCUT2D eigenvalue weighted by atomic mass is 16.5. The van der Waals surface area contributed by atoms with Crippen LogP contribution < -0.4 is 5.32 Å². The van der Waals surface area contributed by atoms with Crippen LogP contribution in [-0.2, 0) is 17.7 Å². The quantitative estimate of drug-likeness (QED) is 0.557. The Morgan fingerprint density at radius 1 is 1.13 bits per heavy atom. The molecule has 5 heteroatoms. The Hall–Kier alpha value is -1.59. The number of hydrogen-bond acceptors (Lipinski definition) is 3. The minimum Gasteiger partial charge on any atom is -0.383 e. The van der Waals surface area contributed by atoms with Gasteiger partial charge >= 0.3 is 0 Å². The molecule has 0 unspecified atom stereocenters. The molecule has 23 heavy (non-hydrogen) atoms. The lowest BCUT2D eigenvalue weighted by Gasteiger charge is -2.23. The van der Waals surface area contributed by atoms with Gasteiger partial charge in [-0.2, -0.15) is 0 Å². The molecule has 0 atom stereocenters. The van der Waals surface area contributed by atoms with Crippen LogP contribution in [0.2, 0.25) is 0 Å². The fourth-order valence-electron chi connectivity index (χ4n) is 2.33. The first-order valence-corrected chi connectivity index (χ1v) is 8.27. The molecule has 0 aliphatic carbocycles. The summed E-state index contributed by atoms with van der Waals surface area (Å²) in [6, 6.07) is 8.79. The molecule has 0 heterocycles. The second-order valence-corrected chi connectivity index (χ2v) is 5.80. The molecule has 130 valence electrons. The lowest BCUT2D eigenvalue weighted by molar-refractivity contribution is 0.162. The van der Waals surface area contributed by atoms with Crippen LogP contribution in [0.3, 0.4) is 0 Å². The second-order valence-electron chi connectivity index (χ2n) is 5.80. The van der Waals surface area contributed by atoms with E-state index in [1.54, 1.807) is 7.11 Å². The molecule has 1 aromatic rings. The highest BCUT2D eigenvalue weighted by Crippen LogP contribution is 2.07. The molecule has 1 N–H and O–H groups in total. The number of hydrogen-bond donors (Lipinski definition) is 1. The van der Waals surface area contributed by atoms with Gasteiger partial charge in [0.15, 0.2) is 5.96 Å². The Morgan fingerprint density at radius 2 is 1.78 bits per heavy atom. The molecule has 5 nitrogen and oxygen atoms in total. The van der Waals surface area contributed by atoms with E-state index in [-0.39, 0.29) is 0 Å². The van der Waals surface area contributed by atoms with Crippen LogP contribution in [0.25, 0.3) is 0 Å². The number of aliphatic imine (C=N–C) groups is 1. The van der Waals surface area contributed by atoms with E-state index in [0.717, 1.165) is 45.2 Å². The summed E-state index contributed by atoms with van der Waals surface area (Å²) < 4.78 is 5.09. The third-order valence-electron chi connectivity index (χ3n) is 3.88. The Bertz CT molecular complexity index is 459. The van der Waals surface area contributed by atoms with Crippen LogP contribution in [0.15, 0.2) is 29.3 Å². The van der Waals surface area contributed by atoms with Gasteiger partial charge in [0.1, 0.15) is 0 Å². The van der Waals surface area contributed by atoms with Crippen molar-refractivity contribution in [3.8, 4) is 0 Å². The number of guanidine groups is 1. The van der Waals surface area contributed by atoms with Crippen LogP contribution in [0.4, 0.5) is 0 Å². The number of methoxy groups -OCH3 is 1. The van der Waals surface area contributed by atoms with Crippen LogP contribution in [0, 0.1) is 0 Å². The molecule has 0 bridgehead atoms. The first-order valence-electron chi connectivity index (χ1n) is 8.27. The summed E-state index contributed by atoms with van der Waals surface area (Å²) in [5, 5.41) is 3.41. The van der Waals surface area contributed by atoms with Crippen molar-refractivity contribution >= 4 is 5.96 Å². The second kappa shape index (κ2) is 11.0. The van der Waals surface area contributed by atoms with Gasteiger partial charge in [0.2, 0.25) is 0 Å². The standard InChI is InChI=1S/C18H32N4O/c1-6-16-7-9-17(10-8-16)15-22(4)18(19-2)20-11-12-21(3)13-14-23-5/h7-10H,6,11-15H2,1-5H3,(H,19,20). The van der Waals surface area contributed by atoms with Crippen molar-refractivity contribution in [3.05, 3.63) is 35.4 Å². The van der Waals surface area contributed by atoms with Crippen molar-refractivity contribution in [2.75, 3.05) is 54.5 Å². The first-order chi connectivity index (χ1) is 11.1. The molecular weight excluding hydrogens is 288 g/mol. The maximum atomic E-state index is 5.09. The average Bonchev–Trinajstić information content (AvgIpc) is 2.57. The highest BCUT2D eigenvalue weighted by molar-refractivity contribution is 5.79. The van der Waals surface area contributed by atoms with Crippen molar-refractivity contribution in [1.29, 1.82) is 0 Å². The molecule has 0 amide bonds. The van der Waals surface area contributed by atoms with Crippen LogP contribution in [0.5, 0.6) is 0 Å². The van der Waals surface area contributed by atoms with Gasteiger partial charge in [-0.1, -0.05) is 31.2 Å². The number of nitrogens with one attached hydrogen (secondary N) is 1. The fourth-order valence-corrected chi connectivity index (χ4v) is 2.33. The van der Waals surface area contributed by atoms with Crippen molar-refractivity contribution in [2.45, 2.75) is 19.9 Å². The average molecular weight is 320 g/mol. The van der Waals surface area contributed by atoms with Crippen molar-refractivity contribution in [2.24, 2.45) is 4.99 Å². The smallest absolute Gasteiger partial charge is 0.193 e. The Balaban J connectivity index is 2.40. The Labute approximate surface area is 141 Å². The molecular formula is C18H32N4O. The molecule has 0 spiro atoms. The minimum atomic E-state index is 0.763. The van der Waals surface area contributed by atoms with Gasteiger partial charge in [-0.05, 0) is 24.6 Å². The van der Waals surface area contributed by atoms with Crippen LogP contribution in [-0.4, -0.2) is 70.3 Å². The van der Waals surface area contributed by atoms with Gasteiger partial charge in [0, 0.05) is 47.4 Å². The third-order valence-corrected chi connectivity index (χ3v) is 3.88. The predicted molar refractivity (Wildman–Crippen MR) is 98.0 cm³/mol. The Morgan fingerprint density at radius 3 is 2.35 bits per heavy atom. The first kappa shape index (κ1) is 19.5. The van der Waals surface area contributed by atoms with Crippen molar-refractivity contribution in [1.82, 2.24) is 15.1 Å². The van der Waals surface area contributed by atoms with E-state index in [4.69, 9.17) is 4.74 Å². The SMILES string of the molecule is CCc1ccc(CN(C)C(=NC)NCCN(C)CCOC)cc1. The van der Waals surface area contributed by atoms with E-state index in [1.165, 1.54) is 11.1 Å². The molecule has 0 saturated heterocycles. The van der Waals surface area contributed by atoms with E-state index in [2.05, 4.69) is 65.4 Å². The summed E-state index contributed by atoms with van der Waals surface area (Å²) in [6.45, 7) is 6.56. The third kappa shape index (κ3) is 7.48. The number of benzene rings is 1. The number of aryl methyl sites for hydroxylation is 1. The lowest BCUT2D eigenvalue weighted by atomic mass is 10.1. The van der Waals surface area contributed by atoms with Gasteiger partial charge < -0.3 is 19.9 Å². The van der Waals surface area contributed by atoms with E-state index < -0.39 is 0 Å². The normalized spacial score (nSPS) is 11.8. The molecule has 0 saturated carbocycles. The summed E-state index contributed by atoms with van der Waals surface area (Å²) in [5.41, 5.74) is 2.67. The predicted octanol–water partition coefficient (Wildman–Crippen LogP) is 1.83. The summed E-state index contributed by atoms with van der Waals surface area (Å²) >= 11 is 0. The summed E-state index contributed by atoms with van der Waals surface area (Å²) in [7, 11) is 7.73. The maximum absolute atomic E-state index is 5.09. The highest BCUT2D eigenvalue weighted by Gasteiger charge is 2.07. The molecule has 0 radical (unpaired) electrons. The summed E-state index contributed by atoms with van der Waals surface area (Å²) in [4.78, 5) is 8.76. The monoisotopic (exact) mass is 320 g/mol. The Kier molecular flexibility index (Phi) is 9.33. The number of likely N-dealkylation sites (N-methyl/N-ethyl adjacent to an activating group) is 1. The fraction of sp³-hybridized carbons (Fsp3) is 0.611. The summed E-state index contributed by atoms with van der Waals surface area (Å²) in [5.74, 6) is 0.921. The van der Waals surface area contributed by atoms with E-state index in [0.29, 0.717) is 0 Å². The zero-order valence-corrected chi connectivity index (χ0v) is 15.3. The van der Waals surface area contributed by atoms with E-state index >= 15 is 0 Å². The molecule has 0 aromatic heterocycles. The van der Waals surface area contributed by atoms with E-state index in [9.17, 15) is 0 Å². The zero-order valence-electron chi connectivity index (χ0n) is 15.3. The molecule has 1 aromatic carbocycles. The summed E-state index contributed by atoms with van der Waals surface area (Å²) in [6.07, 6.45) is 1.08. The van der Waals surface area contributed by atoms with Gasteiger partial charge in [-0.25, -0.2) is 0 Å². The number of rotatable bonds is 9. The largest absolute Gasteiger partial charge is 0.383 e. The van der Waals surface area contributed by atoms with Crippen LogP contribution in [0.1, 0.15) is 18.1 Å². The minimum absolute atomic E-state index is 0.763. The van der Waals surface area contributed by atoms with Gasteiger partial charge in [-0.15, -0.1) is 0 Å². The number of ether oxygens (including phenoxy) is 1. The van der Waals surface area contributed by atoms with Crippen LogP contribution >= 0.6 is 0 Å². The maximum Gasteiger partial charge on any atom is 0.193 e. The number of nitrogens with zero attached hydrogens (tertiary/aromatic N) is 3. The van der Waals surface area contributed by atoms with Gasteiger partial charge in [-0.3, -0.25) is 4.99 Å². The lowest BCUT2D eigenvalue weighted by Crippen LogP contribution is -2.42. The topological polar surface area (TPSA) is 40.1 Å². The molecule has 0 fully saturated rings. The van der Waals surface area contributed by atoms with Crippen molar-refractivity contribution < 1.29 is 4.74 Å². The van der Waals surface area contributed by atoms with Gasteiger partial charge in [0.05, 0.1) is 6.61 Å². The van der Waals surface area contributed by atoms with Crippen molar-refractivity contribution in [3.63, 3.8) is 0 Å². The zero-order chi connectivity index (χ0) is 17.1.